The Bertz CT molecular complexity index is 222. The molecule has 0 aliphatic heterocycles. The van der Waals surface area contributed by atoms with Crippen molar-refractivity contribution in [3.8, 4) is 0 Å². The molecule has 0 bridgehead atoms. The Morgan fingerprint density at radius 1 is 1.18 bits per heavy atom. The lowest BCUT2D eigenvalue weighted by atomic mass is 9.98. The number of nitrogens with zero attached hydrogens (tertiary/aromatic N) is 1. The molecule has 1 fully saturated rings. The molecule has 0 aromatic rings. The van der Waals surface area contributed by atoms with Crippen LogP contribution >= 0.6 is 0 Å². The molecule has 5 N–H and O–H groups in total. The predicted octanol–water partition coefficient (Wildman–Crippen LogP) is 0.750. The number of aliphatic hydroxyl groups is 1. The summed E-state index contributed by atoms with van der Waals surface area (Å²) in [5.74, 6) is 0.00926. The normalized spacial score (nSPS) is 20.3. The van der Waals surface area contributed by atoms with Crippen LogP contribution in [-0.2, 0) is 4.74 Å². The van der Waals surface area contributed by atoms with Gasteiger partial charge in [-0.3, -0.25) is 4.99 Å². The summed E-state index contributed by atoms with van der Waals surface area (Å²) in [6.45, 7) is 0.538. The molecule has 1 aliphatic carbocycles. The fourth-order valence-electron chi connectivity index (χ4n) is 2.10. The van der Waals surface area contributed by atoms with E-state index in [4.69, 9.17) is 16.2 Å². The summed E-state index contributed by atoms with van der Waals surface area (Å²) in [5.41, 5.74) is 10.4. The highest BCUT2D eigenvalue weighted by Gasteiger charge is 2.13. The average molecular weight is 243 g/mol. The lowest BCUT2D eigenvalue weighted by Crippen LogP contribution is -2.28. The number of guanidine groups is 1. The number of hydrogen-bond donors (Lipinski definition) is 3. The molecule has 5 nitrogen and oxygen atoms in total. The third-order valence-electron chi connectivity index (χ3n) is 3.06. The SMILES string of the molecule is NC(N)=NCC(O)COC1CCCCCCC1. The highest BCUT2D eigenvalue weighted by Crippen LogP contribution is 2.19. The molecule has 100 valence electrons. The summed E-state index contributed by atoms with van der Waals surface area (Å²) in [6.07, 6.45) is 8.31. The van der Waals surface area contributed by atoms with Gasteiger partial charge in [0, 0.05) is 0 Å². The first-order valence-electron chi connectivity index (χ1n) is 6.53. The molecule has 0 amide bonds. The van der Waals surface area contributed by atoms with Gasteiger partial charge in [-0.05, 0) is 12.8 Å². The first kappa shape index (κ1) is 14.3. The fraction of sp³-hybridized carbons (Fsp3) is 0.917. The quantitative estimate of drug-likeness (QED) is 0.490. The first-order valence-corrected chi connectivity index (χ1v) is 6.53. The van der Waals surface area contributed by atoms with Crippen molar-refractivity contribution < 1.29 is 9.84 Å². The Labute approximate surface area is 103 Å². The molecule has 1 atom stereocenters. The van der Waals surface area contributed by atoms with E-state index in [0.717, 1.165) is 12.8 Å². The molecule has 1 saturated carbocycles. The Morgan fingerprint density at radius 2 is 1.76 bits per heavy atom. The van der Waals surface area contributed by atoms with Gasteiger partial charge >= 0.3 is 0 Å². The molecular formula is C12H25N3O2. The van der Waals surface area contributed by atoms with Gasteiger partial charge in [0.2, 0.25) is 0 Å². The molecule has 0 saturated heterocycles. The Hall–Kier alpha value is -0.810. The van der Waals surface area contributed by atoms with Crippen LogP contribution in [0.2, 0.25) is 0 Å². The summed E-state index contributed by atoms with van der Waals surface area (Å²) in [6, 6.07) is 0. The molecule has 1 unspecified atom stereocenters. The molecule has 1 aliphatic rings. The molecule has 0 aromatic heterocycles. The monoisotopic (exact) mass is 243 g/mol. The largest absolute Gasteiger partial charge is 0.389 e. The molecule has 0 radical (unpaired) electrons. The van der Waals surface area contributed by atoms with E-state index < -0.39 is 6.10 Å². The van der Waals surface area contributed by atoms with Crippen molar-refractivity contribution >= 4 is 5.96 Å². The van der Waals surface area contributed by atoms with Gasteiger partial charge in [0.1, 0.15) is 0 Å². The smallest absolute Gasteiger partial charge is 0.185 e. The molecule has 17 heavy (non-hydrogen) atoms. The third kappa shape index (κ3) is 7.18. The van der Waals surface area contributed by atoms with Crippen LogP contribution in [0.1, 0.15) is 44.9 Å². The van der Waals surface area contributed by atoms with Gasteiger partial charge in [-0.15, -0.1) is 0 Å². The summed E-state index contributed by atoms with van der Waals surface area (Å²) >= 11 is 0. The number of nitrogens with two attached hydrogens (primary N) is 2. The van der Waals surface area contributed by atoms with E-state index in [-0.39, 0.29) is 12.5 Å². The summed E-state index contributed by atoms with van der Waals surface area (Å²) < 4.78 is 5.71. The van der Waals surface area contributed by atoms with Crippen LogP contribution in [-0.4, -0.2) is 36.4 Å². The number of aliphatic imine (C=N–C) groups is 1. The van der Waals surface area contributed by atoms with E-state index in [1.54, 1.807) is 0 Å². The summed E-state index contributed by atoms with van der Waals surface area (Å²) in [5, 5.41) is 9.61. The Balaban J connectivity index is 2.16. The van der Waals surface area contributed by atoms with Gasteiger partial charge in [0.05, 0.1) is 25.4 Å². The van der Waals surface area contributed by atoms with Crippen molar-refractivity contribution in [3.63, 3.8) is 0 Å². The third-order valence-corrected chi connectivity index (χ3v) is 3.06. The van der Waals surface area contributed by atoms with Crippen LogP contribution in [0.3, 0.4) is 0 Å². The van der Waals surface area contributed by atoms with Crippen molar-refractivity contribution in [2.75, 3.05) is 13.2 Å². The summed E-state index contributed by atoms with van der Waals surface area (Å²) in [7, 11) is 0. The molecule has 5 heteroatoms. The van der Waals surface area contributed by atoms with E-state index >= 15 is 0 Å². The van der Waals surface area contributed by atoms with Crippen molar-refractivity contribution in [2.45, 2.75) is 57.2 Å². The average Bonchev–Trinajstić information content (AvgIpc) is 2.24. The van der Waals surface area contributed by atoms with Gasteiger partial charge in [0.25, 0.3) is 0 Å². The standard InChI is InChI=1S/C12H25N3O2/c13-12(14)15-8-10(16)9-17-11-6-4-2-1-3-5-7-11/h10-11,16H,1-9H2,(H4,13,14,15). The van der Waals surface area contributed by atoms with Crippen molar-refractivity contribution in [2.24, 2.45) is 16.5 Å². The van der Waals surface area contributed by atoms with Gasteiger partial charge in [0.15, 0.2) is 5.96 Å². The maximum atomic E-state index is 9.61. The zero-order valence-electron chi connectivity index (χ0n) is 10.5. The second-order valence-electron chi connectivity index (χ2n) is 4.72. The van der Waals surface area contributed by atoms with E-state index in [1.165, 1.54) is 32.1 Å². The van der Waals surface area contributed by atoms with Gasteiger partial charge in [-0.25, -0.2) is 0 Å². The Morgan fingerprint density at radius 3 is 2.35 bits per heavy atom. The van der Waals surface area contributed by atoms with E-state index in [2.05, 4.69) is 4.99 Å². The summed E-state index contributed by atoms with van der Waals surface area (Å²) in [4.78, 5) is 3.76. The zero-order chi connectivity index (χ0) is 12.5. The number of hydrogen-bond acceptors (Lipinski definition) is 3. The van der Waals surface area contributed by atoms with E-state index in [0.29, 0.717) is 12.7 Å². The van der Waals surface area contributed by atoms with Crippen LogP contribution in [0.4, 0.5) is 0 Å². The van der Waals surface area contributed by atoms with Gasteiger partial charge in [-0.1, -0.05) is 32.1 Å². The molecular weight excluding hydrogens is 218 g/mol. The van der Waals surface area contributed by atoms with Crippen LogP contribution in [0.15, 0.2) is 4.99 Å². The molecule has 0 aromatic carbocycles. The fourth-order valence-corrected chi connectivity index (χ4v) is 2.10. The van der Waals surface area contributed by atoms with Crippen LogP contribution in [0.5, 0.6) is 0 Å². The lowest BCUT2D eigenvalue weighted by Gasteiger charge is -2.21. The van der Waals surface area contributed by atoms with Gasteiger partial charge < -0.3 is 21.3 Å². The number of ether oxygens (including phenoxy) is 1. The minimum atomic E-state index is -0.609. The zero-order valence-corrected chi connectivity index (χ0v) is 10.5. The van der Waals surface area contributed by atoms with Crippen molar-refractivity contribution in [1.29, 1.82) is 0 Å². The highest BCUT2D eigenvalue weighted by atomic mass is 16.5. The number of rotatable bonds is 5. The lowest BCUT2D eigenvalue weighted by molar-refractivity contribution is -0.0160. The van der Waals surface area contributed by atoms with E-state index in [9.17, 15) is 5.11 Å². The minimum absolute atomic E-state index is 0.00926. The van der Waals surface area contributed by atoms with Gasteiger partial charge in [-0.2, -0.15) is 0 Å². The minimum Gasteiger partial charge on any atom is -0.389 e. The first-order chi connectivity index (χ1) is 8.18. The van der Waals surface area contributed by atoms with Crippen molar-refractivity contribution in [3.05, 3.63) is 0 Å². The maximum absolute atomic E-state index is 9.61. The van der Waals surface area contributed by atoms with Crippen LogP contribution < -0.4 is 11.5 Å². The van der Waals surface area contributed by atoms with Crippen LogP contribution in [0.25, 0.3) is 0 Å². The topological polar surface area (TPSA) is 93.9 Å². The van der Waals surface area contributed by atoms with Crippen molar-refractivity contribution in [1.82, 2.24) is 0 Å². The van der Waals surface area contributed by atoms with Crippen LogP contribution in [0, 0.1) is 0 Å². The van der Waals surface area contributed by atoms with E-state index in [1.807, 2.05) is 0 Å². The second-order valence-corrected chi connectivity index (χ2v) is 4.72. The second kappa shape index (κ2) is 8.31. The Kier molecular flexibility index (Phi) is 6.96. The predicted molar refractivity (Wildman–Crippen MR) is 68.7 cm³/mol. The molecule has 0 heterocycles. The maximum Gasteiger partial charge on any atom is 0.185 e. The molecule has 1 rings (SSSR count). The highest BCUT2D eigenvalue weighted by molar-refractivity contribution is 5.75. The number of aliphatic hydroxyl groups excluding tert-OH is 1. The molecule has 0 spiro atoms.